The van der Waals surface area contributed by atoms with Crippen LogP contribution in [0.4, 0.5) is 4.79 Å². The summed E-state index contributed by atoms with van der Waals surface area (Å²) in [7, 11) is 0. The summed E-state index contributed by atoms with van der Waals surface area (Å²) in [6, 6.07) is 6.27. The van der Waals surface area contributed by atoms with E-state index in [0.717, 1.165) is 43.2 Å². The molecule has 0 fully saturated rings. The van der Waals surface area contributed by atoms with Crippen molar-refractivity contribution in [3.05, 3.63) is 35.4 Å². The molecule has 1 rings (SSSR count). The van der Waals surface area contributed by atoms with Crippen LogP contribution in [0, 0.1) is 5.92 Å². The third kappa shape index (κ3) is 11.4. The molecule has 3 amide bonds. The number of alkyl carbamates (subject to hydrolysis) is 1. The van der Waals surface area contributed by atoms with Crippen LogP contribution >= 0.6 is 0 Å². The molecule has 38 heavy (non-hydrogen) atoms. The molecule has 0 bridgehead atoms. The quantitative estimate of drug-likeness (QED) is 0.282. The fourth-order valence-electron chi connectivity index (χ4n) is 4.22. The van der Waals surface area contributed by atoms with Gasteiger partial charge in [0.05, 0.1) is 0 Å². The van der Waals surface area contributed by atoms with Crippen LogP contribution in [0.15, 0.2) is 24.3 Å². The van der Waals surface area contributed by atoms with Gasteiger partial charge in [0.1, 0.15) is 17.7 Å². The fraction of sp³-hybridized carbons (Fsp3) is 0.710. The van der Waals surface area contributed by atoms with Gasteiger partial charge in [0.15, 0.2) is 0 Å². The Morgan fingerprint density at radius 3 is 2.00 bits per heavy atom. The molecule has 0 heterocycles. The number of amides is 3. The standard InChI is InChI=1S/C31H53N3O4/c1-11-14-15-16-21-34(28(36)25(22(4)12-2)32-29(37)38-31(8,9)10)26(27(35)33-30(5,6)7)24-19-17-23(13-3)18-20-24/h17-20,22,25-26H,11-16,21H2,1-10H3,(H,32,37)(H,33,35). The highest BCUT2D eigenvalue weighted by atomic mass is 16.6. The van der Waals surface area contributed by atoms with Gasteiger partial charge < -0.3 is 20.3 Å². The zero-order chi connectivity index (χ0) is 29.1. The van der Waals surface area contributed by atoms with E-state index < -0.39 is 29.3 Å². The van der Waals surface area contributed by atoms with E-state index in [9.17, 15) is 14.4 Å². The molecule has 7 heteroatoms. The van der Waals surface area contributed by atoms with Crippen molar-refractivity contribution in [3.8, 4) is 0 Å². The minimum absolute atomic E-state index is 0.151. The average molecular weight is 532 g/mol. The van der Waals surface area contributed by atoms with E-state index in [2.05, 4.69) is 24.5 Å². The molecule has 3 atom stereocenters. The maximum Gasteiger partial charge on any atom is 0.408 e. The molecule has 2 N–H and O–H groups in total. The monoisotopic (exact) mass is 531 g/mol. The van der Waals surface area contributed by atoms with E-state index in [1.54, 1.807) is 25.7 Å². The molecular weight excluding hydrogens is 478 g/mol. The van der Waals surface area contributed by atoms with Gasteiger partial charge in [0.2, 0.25) is 11.8 Å². The van der Waals surface area contributed by atoms with E-state index in [0.29, 0.717) is 13.0 Å². The molecule has 0 saturated heterocycles. The number of ether oxygens (including phenoxy) is 1. The van der Waals surface area contributed by atoms with Crippen LogP contribution in [0.5, 0.6) is 0 Å². The molecule has 0 aliphatic carbocycles. The SMILES string of the molecule is CCCCCCN(C(=O)C(NC(=O)OC(C)(C)C)C(C)CC)C(C(=O)NC(C)(C)C)c1ccc(CC)cc1. The Kier molecular flexibility index (Phi) is 13.3. The maximum atomic E-state index is 14.3. The van der Waals surface area contributed by atoms with Crippen molar-refractivity contribution < 1.29 is 19.1 Å². The van der Waals surface area contributed by atoms with Crippen LogP contribution in [0.25, 0.3) is 0 Å². The Labute approximate surface area is 231 Å². The first-order chi connectivity index (χ1) is 17.6. The van der Waals surface area contributed by atoms with E-state index in [1.807, 2.05) is 58.9 Å². The lowest BCUT2D eigenvalue weighted by Crippen LogP contribution is -2.56. The number of benzene rings is 1. The minimum atomic E-state index is -0.819. The number of unbranched alkanes of at least 4 members (excludes halogenated alkanes) is 3. The largest absolute Gasteiger partial charge is 0.444 e. The van der Waals surface area contributed by atoms with Crippen LogP contribution in [0.3, 0.4) is 0 Å². The number of hydrogen-bond acceptors (Lipinski definition) is 4. The third-order valence-corrected chi connectivity index (χ3v) is 6.45. The van der Waals surface area contributed by atoms with Crippen LogP contribution in [-0.4, -0.2) is 46.5 Å². The van der Waals surface area contributed by atoms with Crippen molar-refractivity contribution in [2.45, 2.75) is 131 Å². The summed E-state index contributed by atoms with van der Waals surface area (Å²) in [5, 5.41) is 5.93. The summed E-state index contributed by atoms with van der Waals surface area (Å²) < 4.78 is 5.49. The van der Waals surface area contributed by atoms with Gasteiger partial charge in [-0.3, -0.25) is 9.59 Å². The summed E-state index contributed by atoms with van der Waals surface area (Å²) in [6.45, 7) is 19.7. The number of rotatable bonds is 13. The highest BCUT2D eigenvalue weighted by Gasteiger charge is 2.38. The lowest BCUT2D eigenvalue weighted by atomic mass is 9.94. The Morgan fingerprint density at radius 2 is 1.53 bits per heavy atom. The zero-order valence-corrected chi connectivity index (χ0v) is 25.6. The highest BCUT2D eigenvalue weighted by molar-refractivity contribution is 5.92. The summed E-state index contributed by atoms with van der Waals surface area (Å²) in [5.74, 6) is -0.650. The molecule has 0 aliphatic rings. The molecule has 0 spiro atoms. The number of hydrogen-bond donors (Lipinski definition) is 2. The Hall–Kier alpha value is -2.57. The second kappa shape index (κ2) is 15.1. The third-order valence-electron chi connectivity index (χ3n) is 6.45. The van der Waals surface area contributed by atoms with Gasteiger partial charge in [-0.05, 0) is 71.4 Å². The molecule has 216 valence electrons. The van der Waals surface area contributed by atoms with Crippen LogP contribution in [0.2, 0.25) is 0 Å². The zero-order valence-electron chi connectivity index (χ0n) is 25.6. The number of carbonyl (C=O) groups excluding carboxylic acids is 3. The summed E-state index contributed by atoms with van der Waals surface area (Å²) in [4.78, 5) is 42.5. The first-order valence-corrected chi connectivity index (χ1v) is 14.3. The molecule has 1 aromatic rings. The lowest BCUT2D eigenvalue weighted by molar-refractivity contribution is -0.144. The van der Waals surface area contributed by atoms with E-state index in [1.165, 1.54) is 0 Å². The number of carbonyl (C=O) groups is 3. The van der Waals surface area contributed by atoms with Gasteiger partial charge in [0, 0.05) is 12.1 Å². The number of nitrogens with one attached hydrogen (secondary N) is 2. The van der Waals surface area contributed by atoms with Gasteiger partial charge in [-0.1, -0.05) is 77.6 Å². The summed E-state index contributed by atoms with van der Waals surface area (Å²) in [5.41, 5.74) is 0.755. The molecule has 0 aliphatic heterocycles. The Balaban J connectivity index is 3.56. The molecule has 0 aromatic heterocycles. The van der Waals surface area contributed by atoms with Gasteiger partial charge in [-0.25, -0.2) is 4.79 Å². The van der Waals surface area contributed by atoms with Crippen molar-refractivity contribution in [1.82, 2.24) is 15.5 Å². The van der Waals surface area contributed by atoms with Gasteiger partial charge in [0.25, 0.3) is 0 Å². The van der Waals surface area contributed by atoms with Gasteiger partial charge >= 0.3 is 6.09 Å². The van der Waals surface area contributed by atoms with Gasteiger partial charge in [-0.2, -0.15) is 0 Å². The molecule has 7 nitrogen and oxygen atoms in total. The van der Waals surface area contributed by atoms with E-state index in [-0.39, 0.29) is 17.7 Å². The van der Waals surface area contributed by atoms with Crippen LogP contribution in [-0.2, 0) is 20.7 Å². The maximum absolute atomic E-state index is 14.3. The second-order valence-electron chi connectivity index (χ2n) is 12.3. The first-order valence-electron chi connectivity index (χ1n) is 14.3. The number of aryl methyl sites for hydroxylation is 1. The number of nitrogens with zero attached hydrogens (tertiary/aromatic N) is 1. The molecule has 1 aromatic carbocycles. The summed E-state index contributed by atoms with van der Waals surface area (Å²) in [6.07, 6.45) is 4.77. The first kappa shape index (κ1) is 33.5. The second-order valence-corrected chi connectivity index (χ2v) is 12.3. The van der Waals surface area contributed by atoms with Crippen LogP contribution < -0.4 is 10.6 Å². The van der Waals surface area contributed by atoms with Crippen molar-refractivity contribution >= 4 is 17.9 Å². The van der Waals surface area contributed by atoms with Crippen LogP contribution in [0.1, 0.15) is 119 Å². The normalized spacial score (nSPS) is 14.3. The van der Waals surface area contributed by atoms with Crippen molar-refractivity contribution in [1.29, 1.82) is 0 Å². The molecular formula is C31H53N3O4. The summed E-state index contributed by atoms with van der Waals surface area (Å²) >= 11 is 0. The van der Waals surface area contributed by atoms with E-state index >= 15 is 0 Å². The van der Waals surface area contributed by atoms with Crippen molar-refractivity contribution in [3.63, 3.8) is 0 Å². The molecule has 0 saturated carbocycles. The average Bonchev–Trinajstić information content (AvgIpc) is 2.81. The van der Waals surface area contributed by atoms with E-state index in [4.69, 9.17) is 4.74 Å². The predicted octanol–water partition coefficient (Wildman–Crippen LogP) is 6.55. The smallest absolute Gasteiger partial charge is 0.408 e. The lowest BCUT2D eigenvalue weighted by Gasteiger charge is -2.37. The van der Waals surface area contributed by atoms with Crippen molar-refractivity contribution in [2.75, 3.05) is 6.54 Å². The highest BCUT2D eigenvalue weighted by Crippen LogP contribution is 2.27. The Morgan fingerprint density at radius 1 is 0.921 bits per heavy atom. The molecule has 0 radical (unpaired) electrons. The fourth-order valence-corrected chi connectivity index (χ4v) is 4.22. The Bertz CT molecular complexity index is 884. The predicted molar refractivity (Wildman–Crippen MR) is 155 cm³/mol. The van der Waals surface area contributed by atoms with Gasteiger partial charge in [-0.15, -0.1) is 0 Å². The topological polar surface area (TPSA) is 87.7 Å². The molecule has 3 unspecified atom stereocenters. The van der Waals surface area contributed by atoms with Crippen molar-refractivity contribution in [2.24, 2.45) is 5.92 Å². The minimum Gasteiger partial charge on any atom is -0.444 e.